The van der Waals surface area contributed by atoms with Crippen LogP contribution >= 0.6 is 0 Å². The van der Waals surface area contributed by atoms with E-state index in [2.05, 4.69) is 14.8 Å². The molecule has 2 rings (SSSR count). The van der Waals surface area contributed by atoms with E-state index in [-0.39, 0.29) is 12.4 Å². The molecule has 4 unspecified atom stereocenters. The zero-order chi connectivity index (χ0) is 17.1. The Labute approximate surface area is 131 Å². The summed E-state index contributed by atoms with van der Waals surface area (Å²) in [5.41, 5.74) is 5.94. The van der Waals surface area contributed by atoms with Gasteiger partial charge in [0, 0.05) is 6.92 Å². The molecule has 0 saturated carbocycles. The molecule has 0 aromatic heterocycles. The van der Waals surface area contributed by atoms with E-state index in [0.29, 0.717) is 0 Å². The van der Waals surface area contributed by atoms with Crippen molar-refractivity contribution in [3.63, 3.8) is 0 Å². The van der Waals surface area contributed by atoms with Crippen LogP contribution in [0.3, 0.4) is 0 Å². The van der Waals surface area contributed by atoms with Gasteiger partial charge in [0.1, 0.15) is 12.7 Å². The second-order valence-electron chi connectivity index (χ2n) is 5.12. The van der Waals surface area contributed by atoms with Crippen molar-refractivity contribution in [2.24, 2.45) is 5.73 Å². The Morgan fingerprint density at radius 3 is 2.70 bits per heavy atom. The van der Waals surface area contributed by atoms with Crippen LogP contribution < -0.4 is 11.1 Å². The third kappa shape index (κ3) is 3.71. The Hall–Kier alpha value is -2.33. The van der Waals surface area contributed by atoms with E-state index in [0.717, 1.165) is 7.11 Å². The standard InChI is InChI=1S/C13H18N2O8/c1-5(16)15-9-6(14)3-7(12(18)20-2)22-11(9)10(17)8-4-21-13(19)23-8/h3,6,8-11,17H,4,14H2,1-2H3,(H,15,16)/t6-,8?,9?,10?,11?/m0/s1. The van der Waals surface area contributed by atoms with Gasteiger partial charge in [-0.05, 0) is 6.08 Å². The fraction of sp³-hybridized carbons (Fsp3) is 0.615. The number of aliphatic hydroxyl groups is 1. The summed E-state index contributed by atoms with van der Waals surface area (Å²) < 4.78 is 19.4. The lowest BCUT2D eigenvalue weighted by molar-refractivity contribution is -0.147. The highest BCUT2D eigenvalue weighted by Gasteiger charge is 2.46. The van der Waals surface area contributed by atoms with Gasteiger partial charge in [0.15, 0.2) is 12.2 Å². The zero-order valence-electron chi connectivity index (χ0n) is 12.6. The van der Waals surface area contributed by atoms with Crippen molar-refractivity contribution in [1.82, 2.24) is 5.32 Å². The number of amides is 1. The number of esters is 1. The number of cyclic esters (lactones) is 2. The van der Waals surface area contributed by atoms with Crippen LogP contribution in [0.15, 0.2) is 11.8 Å². The third-order valence-corrected chi connectivity index (χ3v) is 3.46. The minimum atomic E-state index is -1.38. The maximum absolute atomic E-state index is 11.6. The Morgan fingerprint density at radius 2 is 2.17 bits per heavy atom. The topological polar surface area (TPSA) is 146 Å². The van der Waals surface area contributed by atoms with Crippen LogP contribution in [0, 0.1) is 0 Å². The minimum absolute atomic E-state index is 0.181. The average molecular weight is 330 g/mol. The molecule has 2 aliphatic rings. The first-order chi connectivity index (χ1) is 10.8. The van der Waals surface area contributed by atoms with E-state index < -0.39 is 48.4 Å². The van der Waals surface area contributed by atoms with Crippen LogP contribution in [-0.2, 0) is 28.5 Å². The van der Waals surface area contributed by atoms with Gasteiger partial charge >= 0.3 is 12.1 Å². The van der Waals surface area contributed by atoms with E-state index >= 15 is 0 Å². The minimum Gasteiger partial charge on any atom is -0.478 e. The summed E-state index contributed by atoms with van der Waals surface area (Å²) in [4.78, 5) is 34.0. The molecule has 0 radical (unpaired) electrons. The highest BCUT2D eigenvalue weighted by Crippen LogP contribution is 2.25. The fourth-order valence-electron chi connectivity index (χ4n) is 2.39. The van der Waals surface area contributed by atoms with E-state index in [1.54, 1.807) is 0 Å². The lowest BCUT2D eigenvalue weighted by Gasteiger charge is -2.38. The molecule has 0 aliphatic carbocycles. The maximum atomic E-state index is 11.6. The van der Waals surface area contributed by atoms with Crippen molar-refractivity contribution in [2.45, 2.75) is 37.3 Å². The average Bonchev–Trinajstić information content (AvgIpc) is 2.93. The number of ether oxygens (including phenoxy) is 4. The molecule has 128 valence electrons. The van der Waals surface area contributed by atoms with Crippen LogP contribution in [0.25, 0.3) is 0 Å². The van der Waals surface area contributed by atoms with Gasteiger partial charge in [0.05, 0.1) is 19.2 Å². The largest absolute Gasteiger partial charge is 0.508 e. The van der Waals surface area contributed by atoms with Gasteiger partial charge in [0.2, 0.25) is 11.7 Å². The first-order valence-electron chi connectivity index (χ1n) is 6.84. The second kappa shape index (κ2) is 6.84. The SMILES string of the molecule is COC(=O)C1=C[C@H](N)C(NC(C)=O)C(C(O)C2COC(=O)O2)O1. The summed E-state index contributed by atoms with van der Waals surface area (Å²) >= 11 is 0. The van der Waals surface area contributed by atoms with Crippen molar-refractivity contribution in [3.8, 4) is 0 Å². The summed E-state index contributed by atoms with van der Waals surface area (Å²) in [7, 11) is 1.16. The highest BCUT2D eigenvalue weighted by molar-refractivity contribution is 5.86. The van der Waals surface area contributed by atoms with Gasteiger partial charge in [-0.3, -0.25) is 4.79 Å². The Balaban J connectivity index is 2.23. The van der Waals surface area contributed by atoms with Crippen LogP contribution in [0.1, 0.15) is 6.92 Å². The first-order valence-corrected chi connectivity index (χ1v) is 6.84. The summed E-state index contributed by atoms with van der Waals surface area (Å²) in [5.74, 6) is -1.38. The molecular formula is C13H18N2O8. The summed E-state index contributed by atoms with van der Waals surface area (Å²) in [6.45, 7) is 1.09. The van der Waals surface area contributed by atoms with Crippen LogP contribution in [-0.4, -0.2) is 67.3 Å². The molecule has 1 amide bonds. The van der Waals surface area contributed by atoms with Crippen molar-refractivity contribution in [1.29, 1.82) is 0 Å². The normalized spacial score (nSPS) is 31.1. The molecule has 10 heteroatoms. The maximum Gasteiger partial charge on any atom is 0.508 e. The van der Waals surface area contributed by atoms with E-state index in [4.69, 9.17) is 15.2 Å². The zero-order valence-corrected chi connectivity index (χ0v) is 12.6. The van der Waals surface area contributed by atoms with Gasteiger partial charge < -0.3 is 35.1 Å². The number of aliphatic hydroxyl groups excluding tert-OH is 1. The number of nitrogens with two attached hydrogens (primary N) is 1. The molecule has 0 bridgehead atoms. The lowest BCUT2D eigenvalue weighted by atomic mass is 9.92. The second-order valence-corrected chi connectivity index (χ2v) is 5.12. The van der Waals surface area contributed by atoms with Crippen molar-refractivity contribution < 1.29 is 38.4 Å². The highest BCUT2D eigenvalue weighted by atomic mass is 16.8. The number of carbonyl (C=O) groups excluding carboxylic acids is 3. The molecule has 0 aromatic rings. The number of hydrogen-bond acceptors (Lipinski definition) is 9. The molecular weight excluding hydrogens is 312 g/mol. The van der Waals surface area contributed by atoms with E-state index in [1.807, 2.05) is 0 Å². The van der Waals surface area contributed by atoms with Gasteiger partial charge in [-0.25, -0.2) is 9.59 Å². The van der Waals surface area contributed by atoms with Crippen LogP contribution in [0.4, 0.5) is 4.79 Å². The molecule has 5 atom stereocenters. The van der Waals surface area contributed by atoms with Crippen molar-refractivity contribution in [3.05, 3.63) is 11.8 Å². The Bertz CT molecular complexity index is 534. The van der Waals surface area contributed by atoms with Gasteiger partial charge in [0.25, 0.3) is 0 Å². The summed E-state index contributed by atoms with van der Waals surface area (Å²) in [6, 6.07) is -1.66. The van der Waals surface area contributed by atoms with E-state index in [1.165, 1.54) is 13.0 Å². The molecule has 23 heavy (non-hydrogen) atoms. The molecule has 1 fully saturated rings. The molecule has 1 saturated heterocycles. The van der Waals surface area contributed by atoms with Crippen LogP contribution in [0.5, 0.6) is 0 Å². The third-order valence-electron chi connectivity index (χ3n) is 3.46. The number of rotatable bonds is 4. The van der Waals surface area contributed by atoms with E-state index in [9.17, 15) is 19.5 Å². The molecule has 2 aliphatic heterocycles. The molecule has 4 N–H and O–H groups in total. The van der Waals surface area contributed by atoms with Gasteiger partial charge in [-0.15, -0.1) is 0 Å². The smallest absolute Gasteiger partial charge is 0.478 e. The molecule has 0 spiro atoms. The number of methoxy groups -OCH3 is 1. The quantitative estimate of drug-likeness (QED) is 0.506. The Morgan fingerprint density at radius 1 is 1.48 bits per heavy atom. The summed E-state index contributed by atoms with van der Waals surface area (Å²) in [6.07, 6.45) is -3.15. The molecule has 2 heterocycles. The predicted molar refractivity (Wildman–Crippen MR) is 72.8 cm³/mol. The van der Waals surface area contributed by atoms with Gasteiger partial charge in [-0.1, -0.05) is 0 Å². The number of nitrogens with one attached hydrogen (secondary N) is 1. The monoisotopic (exact) mass is 330 g/mol. The van der Waals surface area contributed by atoms with Gasteiger partial charge in [-0.2, -0.15) is 0 Å². The molecule has 0 aromatic carbocycles. The fourth-order valence-corrected chi connectivity index (χ4v) is 2.39. The predicted octanol–water partition coefficient (Wildman–Crippen LogP) is -1.83. The Kier molecular flexibility index (Phi) is 5.06. The summed E-state index contributed by atoms with van der Waals surface area (Å²) in [5, 5.41) is 12.9. The molecule has 10 nitrogen and oxygen atoms in total. The van der Waals surface area contributed by atoms with Crippen LogP contribution in [0.2, 0.25) is 0 Å². The lowest BCUT2D eigenvalue weighted by Crippen LogP contribution is -2.62. The number of hydrogen-bond donors (Lipinski definition) is 3. The van der Waals surface area contributed by atoms with Crippen molar-refractivity contribution >= 4 is 18.0 Å². The first kappa shape index (κ1) is 17.0. The van der Waals surface area contributed by atoms with Crippen molar-refractivity contribution in [2.75, 3.05) is 13.7 Å². The number of carbonyl (C=O) groups is 3.